The molecule has 1 aromatic carbocycles. The zero-order chi connectivity index (χ0) is 14.7. The summed E-state index contributed by atoms with van der Waals surface area (Å²) in [5, 5.41) is 13.6. The van der Waals surface area contributed by atoms with Crippen molar-refractivity contribution < 1.29 is 9.90 Å². The highest BCUT2D eigenvalue weighted by atomic mass is 16.3. The number of hydrazone groups is 1. The van der Waals surface area contributed by atoms with Gasteiger partial charge >= 0.3 is 0 Å². The average Bonchev–Trinajstić information content (AvgIpc) is 2.53. The fourth-order valence-electron chi connectivity index (χ4n) is 3.60. The van der Waals surface area contributed by atoms with Crippen molar-refractivity contribution in [1.29, 1.82) is 0 Å². The Balaban J connectivity index is 1.58. The Labute approximate surface area is 125 Å². The minimum atomic E-state index is -0.215. The van der Waals surface area contributed by atoms with E-state index in [0.717, 1.165) is 30.4 Å². The van der Waals surface area contributed by atoms with Gasteiger partial charge in [-0.2, -0.15) is 5.10 Å². The summed E-state index contributed by atoms with van der Waals surface area (Å²) in [4.78, 5) is 12.0. The molecule has 2 aliphatic carbocycles. The molecule has 2 saturated carbocycles. The molecule has 3 rings (SSSR count). The molecule has 1 amide bonds. The van der Waals surface area contributed by atoms with Crippen molar-refractivity contribution in [3.8, 4) is 5.75 Å². The molecule has 21 heavy (non-hydrogen) atoms. The highest BCUT2D eigenvalue weighted by Crippen LogP contribution is 2.39. The van der Waals surface area contributed by atoms with Gasteiger partial charge in [0.2, 0.25) is 0 Å². The van der Waals surface area contributed by atoms with Gasteiger partial charge in [-0.15, -0.1) is 0 Å². The van der Waals surface area contributed by atoms with Crippen molar-refractivity contribution in [2.24, 2.45) is 16.9 Å². The van der Waals surface area contributed by atoms with Crippen molar-refractivity contribution in [2.75, 3.05) is 0 Å². The van der Waals surface area contributed by atoms with Crippen molar-refractivity contribution in [2.45, 2.75) is 44.9 Å². The highest BCUT2D eigenvalue weighted by Gasteiger charge is 2.30. The van der Waals surface area contributed by atoms with Crippen molar-refractivity contribution >= 4 is 11.6 Å². The van der Waals surface area contributed by atoms with E-state index >= 15 is 0 Å². The van der Waals surface area contributed by atoms with Crippen LogP contribution in [0, 0.1) is 11.8 Å². The van der Waals surface area contributed by atoms with Crippen LogP contribution in [0.4, 0.5) is 0 Å². The largest absolute Gasteiger partial charge is 0.508 e. The van der Waals surface area contributed by atoms with Crippen LogP contribution in [-0.4, -0.2) is 16.7 Å². The number of fused-ring (bicyclic) bond motifs is 1. The van der Waals surface area contributed by atoms with E-state index in [2.05, 4.69) is 10.5 Å². The fraction of sp³-hybridized carbons (Fsp3) is 0.529. The molecule has 112 valence electrons. The minimum absolute atomic E-state index is 0.161. The molecule has 0 heterocycles. The van der Waals surface area contributed by atoms with Crippen LogP contribution < -0.4 is 5.43 Å². The standard InChI is InChI=1S/C17H22N2O2/c20-16-9-6-13(7-10-16)17(21)19-18-15-8-5-12-3-1-2-4-14(12)11-15/h6-7,9-10,12,14,20H,1-5,8,11H2,(H,19,21)/b18-15-/t12-,14-/m0/s1. The van der Waals surface area contributed by atoms with Crippen molar-refractivity contribution in [1.82, 2.24) is 5.43 Å². The zero-order valence-electron chi connectivity index (χ0n) is 12.2. The molecule has 2 N–H and O–H groups in total. The second-order valence-corrected chi connectivity index (χ2v) is 6.21. The van der Waals surface area contributed by atoms with E-state index in [4.69, 9.17) is 0 Å². The van der Waals surface area contributed by atoms with Gasteiger partial charge in [0, 0.05) is 11.3 Å². The van der Waals surface area contributed by atoms with Crippen LogP contribution in [0.1, 0.15) is 55.3 Å². The van der Waals surface area contributed by atoms with Crippen LogP contribution in [0.2, 0.25) is 0 Å². The summed E-state index contributed by atoms with van der Waals surface area (Å²) in [6.45, 7) is 0. The SMILES string of the molecule is O=C(N/N=C1/CC[C@@H]2CCCC[C@H]2C1)c1ccc(O)cc1. The van der Waals surface area contributed by atoms with E-state index in [0.29, 0.717) is 5.56 Å². The lowest BCUT2D eigenvalue weighted by molar-refractivity contribution is 0.0954. The molecule has 0 radical (unpaired) electrons. The van der Waals surface area contributed by atoms with Gasteiger partial charge in [0.1, 0.15) is 5.75 Å². The van der Waals surface area contributed by atoms with E-state index in [1.165, 1.54) is 44.2 Å². The lowest BCUT2D eigenvalue weighted by Gasteiger charge is -2.35. The first kappa shape index (κ1) is 14.1. The average molecular weight is 286 g/mol. The first-order valence-electron chi connectivity index (χ1n) is 7.87. The number of hydrogen-bond donors (Lipinski definition) is 2. The van der Waals surface area contributed by atoms with Crippen molar-refractivity contribution in [3.63, 3.8) is 0 Å². The number of benzene rings is 1. The normalized spacial score (nSPS) is 27.1. The molecule has 0 bridgehead atoms. The van der Waals surface area contributed by atoms with Crippen LogP contribution in [0.3, 0.4) is 0 Å². The molecule has 2 aliphatic rings. The summed E-state index contributed by atoms with van der Waals surface area (Å²) in [6, 6.07) is 6.22. The van der Waals surface area contributed by atoms with Gasteiger partial charge in [-0.05, 0) is 61.8 Å². The van der Waals surface area contributed by atoms with Crippen LogP contribution in [0.5, 0.6) is 5.75 Å². The summed E-state index contributed by atoms with van der Waals surface area (Å²) in [5.74, 6) is 1.60. The maximum absolute atomic E-state index is 12.0. The molecule has 0 unspecified atom stereocenters. The van der Waals surface area contributed by atoms with E-state index in [1.54, 1.807) is 12.1 Å². The second-order valence-electron chi connectivity index (χ2n) is 6.21. The third-order valence-corrected chi connectivity index (χ3v) is 4.81. The first-order chi connectivity index (χ1) is 10.2. The van der Waals surface area contributed by atoms with Crippen LogP contribution in [0.15, 0.2) is 29.4 Å². The molecule has 2 atom stereocenters. The minimum Gasteiger partial charge on any atom is -0.508 e. The van der Waals surface area contributed by atoms with Gasteiger partial charge < -0.3 is 5.11 Å². The lowest BCUT2D eigenvalue weighted by Crippen LogP contribution is -2.29. The maximum atomic E-state index is 12.0. The number of nitrogens with one attached hydrogen (secondary N) is 1. The molecule has 0 aromatic heterocycles. The summed E-state index contributed by atoms with van der Waals surface area (Å²) in [7, 11) is 0. The molecule has 4 nitrogen and oxygen atoms in total. The van der Waals surface area contributed by atoms with E-state index in [-0.39, 0.29) is 11.7 Å². The zero-order valence-corrected chi connectivity index (χ0v) is 12.2. The van der Waals surface area contributed by atoms with Gasteiger partial charge in [0.25, 0.3) is 5.91 Å². The molecule has 0 saturated heterocycles. The molecule has 2 fully saturated rings. The highest BCUT2D eigenvalue weighted by molar-refractivity contribution is 5.95. The molecule has 4 heteroatoms. The quantitative estimate of drug-likeness (QED) is 0.818. The Morgan fingerprint density at radius 3 is 2.57 bits per heavy atom. The summed E-state index contributed by atoms with van der Waals surface area (Å²) in [6.07, 6.45) is 8.68. The Morgan fingerprint density at radius 2 is 1.81 bits per heavy atom. The molecular weight excluding hydrogens is 264 g/mol. The third kappa shape index (κ3) is 3.43. The van der Waals surface area contributed by atoms with Gasteiger partial charge in [-0.25, -0.2) is 5.43 Å². The number of phenolic OH excluding ortho intramolecular Hbond substituents is 1. The number of aromatic hydroxyl groups is 1. The van der Waals surface area contributed by atoms with E-state index in [9.17, 15) is 9.90 Å². The Kier molecular flexibility index (Phi) is 4.23. The number of rotatable bonds is 2. The topological polar surface area (TPSA) is 61.7 Å². The summed E-state index contributed by atoms with van der Waals surface area (Å²) >= 11 is 0. The number of nitrogens with zero attached hydrogens (tertiary/aromatic N) is 1. The number of hydrogen-bond acceptors (Lipinski definition) is 3. The Morgan fingerprint density at radius 1 is 1.10 bits per heavy atom. The predicted octanol–water partition coefficient (Wildman–Crippen LogP) is 3.47. The van der Waals surface area contributed by atoms with Crippen LogP contribution >= 0.6 is 0 Å². The number of carbonyl (C=O) groups excluding carboxylic acids is 1. The van der Waals surface area contributed by atoms with Gasteiger partial charge in [-0.1, -0.05) is 19.3 Å². The Bertz CT molecular complexity index is 536. The molecule has 1 aromatic rings. The number of amides is 1. The van der Waals surface area contributed by atoms with E-state index in [1.807, 2.05) is 0 Å². The Hall–Kier alpha value is -1.84. The van der Waals surface area contributed by atoms with Gasteiger partial charge in [0.15, 0.2) is 0 Å². The fourth-order valence-corrected chi connectivity index (χ4v) is 3.60. The number of phenols is 1. The smallest absolute Gasteiger partial charge is 0.271 e. The molecule has 0 spiro atoms. The number of carbonyl (C=O) groups is 1. The second kappa shape index (κ2) is 6.29. The predicted molar refractivity (Wildman–Crippen MR) is 82.3 cm³/mol. The van der Waals surface area contributed by atoms with E-state index < -0.39 is 0 Å². The molecule has 0 aliphatic heterocycles. The van der Waals surface area contributed by atoms with Crippen LogP contribution in [0.25, 0.3) is 0 Å². The van der Waals surface area contributed by atoms with Gasteiger partial charge in [0.05, 0.1) is 0 Å². The summed E-state index contributed by atoms with van der Waals surface area (Å²) < 4.78 is 0. The third-order valence-electron chi connectivity index (χ3n) is 4.81. The lowest BCUT2D eigenvalue weighted by atomic mass is 9.70. The maximum Gasteiger partial charge on any atom is 0.271 e. The monoisotopic (exact) mass is 286 g/mol. The summed E-state index contributed by atoms with van der Waals surface area (Å²) in [5.41, 5.74) is 4.30. The van der Waals surface area contributed by atoms with Gasteiger partial charge in [-0.3, -0.25) is 4.79 Å². The van der Waals surface area contributed by atoms with Crippen molar-refractivity contribution in [3.05, 3.63) is 29.8 Å². The molecular formula is C17H22N2O2. The first-order valence-corrected chi connectivity index (χ1v) is 7.87. The van der Waals surface area contributed by atoms with Crippen LogP contribution in [-0.2, 0) is 0 Å².